The van der Waals surface area contributed by atoms with Crippen molar-refractivity contribution >= 4 is 23.3 Å². The van der Waals surface area contributed by atoms with Crippen molar-refractivity contribution in [1.29, 1.82) is 0 Å². The molecule has 0 aromatic heterocycles. The molecule has 1 heterocycles. The zero-order valence-electron chi connectivity index (χ0n) is 11.4. The minimum Gasteiger partial charge on any atom is -0.303 e. The second kappa shape index (κ2) is 4.88. The zero-order valence-corrected chi connectivity index (χ0v) is 11.4. The number of nitrogens with zero attached hydrogens (tertiary/aromatic N) is 1. The van der Waals surface area contributed by atoms with E-state index in [0.717, 1.165) is 11.0 Å². The van der Waals surface area contributed by atoms with E-state index >= 15 is 0 Å². The highest BCUT2D eigenvalue weighted by molar-refractivity contribution is 6.52. The van der Waals surface area contributed by atoms with E-state index in [1.807, 2.05) is 5.43 Å². The van der Waals surface area contributed by atoms with Gasteiger partial charge in [0.2, 0.25) is 5.91 Å². The third-order valence-electron chi connectivity index (χ3n) is 3.29. The number of ketones is 1. The summed E-state index contributed by atoms with van der Waals surface area (Å²) in [7, 11) is 0. The van der Waals surface area contributed by atoms with Crippen molar-refractivity contribution in [2.75, 3.05) is 11.4 Å². The lowest BCUT2D eigenvalue weighted by molar-refractivity contribution is -0.129. The van der Waals surface area contributed by atoms with Crippen LogP contribution < -0.4 is 16.2 Å². The molecule has 0 aliphatic carbocycles. The fourth-order valence-corrected chi connectivity index (χ4v) is 2.16. The summed E-state index contributed by atoms with van der Waals surface area (Å²) in [5.74, 6) is 0.379. The Kier molecular flexibility index (Phi) is 3.50. The van der Waals surface area contributed by atoms with Crippen molar-refractivity contribution in [3.05, 3.63) is 29.3 Å². The number of hydrazine groups is 1. The highest BCUT2D eigenvalue weighted by Gasteiger charge is 2.42. The lowest BCUT2D eigenvalue weighted by Crippen LogP contribution is -2.48. The van der Waals surface area contributed by atoms with Crippen LogP contribution in [0.15, 0.2) is 12.1 Å². The number of halogens is 2. The molecule has 1 aromatic carbocycles. The Hall–Kier alpha value is -2.35. The van der Waals surface area contributed by atoms with Crippen molar-refractivity contribution in [2.45, 2.75) is 13.8 Å². The molecule has 1 aromatic rings. The molecular weight excluding hydrogens is 284 g/mol. The second-order valence-corrected chi connectivity index (χ2v) is 5.36. The number of benzene rings is 1. The Bertz CT molecular complexity index is 658. The van der Waals surface area contributed by atoms with Gasteiger partial charge in [-0.2, -0.15) is 0 Å². The summed E-state index contributed by atoms with van der Waals surface area (Å²) in [6, 6.07) is 1.42. The van der Waals surface area contributed by atoms with Gasteiger partial charge in [0.1, 0.15) is 11.6 Å². The first kappa shape index (κ1) is 15.0. The predicted octanol–water partition coefficient (Wildman–Crippen LogP) is 0.510. The maximum atomic E-state index is 13.7. The van der Waals surface area contributed by atoms with Crippen LogP contribution in [0.2, 0.25) is 0 Å². The summed E-state index contributed by atoms with van der Waals surface area (Å²) in [6.45, 7) is 2.73. The fourth-order valence-electron chi connectivity index (χ4n) is 2.16. The fraction of sp³-hybridized carbons (Fsp3) is 0.308. The lowest BCUT2D eigenvalue weighted by atomic mass is 9.91. The third kappa shape index (κ3) is 2.38. The van der Waals surface area contributed by atoms with Gasteiger partial charge < -0.3 is 4.90 Å². The summed E-state index contributed by atoms with van der Waals surface area (Å²) >= 11 is 0. The number of hydrogen-bond acceptors (Lipinski definition) is 4. The molecule has 0 spiro atoms. The molecule has 0 unspecified atom stereocenters. The summed E-state index contributed by atoms with van der Waals surface area (Å²) in [4.78, 5) is 36.3. The Morgan fingerprint density at radius 3 is 2.52 bits per heavy atom. The van der Waals surface area contributed by atoms with Gasteiger partial charge in [-0.3, -0.25) is 19.8 Å². The average molecular weight is 297 g/mol. The van der Waals surface area contributed by atoms with E-state index in [4.69, 9.17) is 5.84 Å². The van der Waals surface area contributed by atoms with Crippen LogP contribution in [0.1, 0.15) is 24.2 Å². The molecule has 0 bridgehead atoms. The molecule has 0 fully saturated rings. The highest BCUT2D eigenvalue weighted by Crippen LogP contribution is 2.34. The van der Waals surface area contributed by atoms with Gasteiger partial charge in [-0.05, 0) is 19.9 Å². The first-order valence-electron chi connectivity index (χ1n) is 6.05. The first-order valence-corrected chi connectivity index (χ1v) is 6.05. The van der Waals surface area contributed by atoms with Gasteiger partial charge in [-0.25, -0.2) is 14.6 Å². The van der Waals surface area contributed by atoms with Crippen LogP contribution in [-0.4, -0.2) is 24.1 Å². The summed E-state index contributed by atoms with van der Waals surface area (Å²) in [5.41, 5.74) is 0.137. The molecule has 112 valence electrons. The van der Waals surface area contributed by atoms with Crippen LogP contribution in [0.5, 0.6) is 0 Å². The molecule has 0 saturated heterocycles. The molecule has 1 aliphatic rings. The maximum Gasteiger partial charge on any atom is 0.299 e. The number of fused-ring (bicyclic) bond motifs is 1. The predicted molar refractivity (Wildman–Crippen MR) is 69.2 cm³/mol. The van der Waals surface area contributed by atoms with E-state index in [2.05, 4.69) is 0 Å². The average Bonchev–Trinajstić information content (AvgIpc) is 2.62. The number of nitrogens with one attached hydrogen (secondary N) is 1. The maximum absolute atomic E-state index is 13.7. The molecular formula is C13H13F2N3O3. The number of amides is 2. The third-order valence-corrected chi connectivity index (χ3v) is 3.29. The summed E-state index contributed by atoms with van der Waals surface area (Å²) < 4.78 is 27.0. The van der Waals surface area contributed by atoms with Crippen molar-refractivity contribution in [1.82, 2.24) is 5.43 Å². The van der Waals surface area contributed by atoms with Crippen LogP contribution in [0.3, 0.4) is 0 Å². The largest absolute Gasteiger partial charge is 0.303 e. The summed E-state index contributed by atoms with van der Waals surface area (Å²) in [5, 5.41) is 0. The number of nitrogens with two attached hydrogens (primary N) is 1. The molecule has 6 nitrogen and oxygen atoms in total. The van der Waals surface area contributed by atoms with Gasteiger partial charge in [-0.1, -0.05) is 0 Å². The SMILES string of the molecule is CC(C)(CN1C(=O)C(=O)c2c(F)cc(F)cc21)C(=O)NN. The van der Waals surface area contributed by atoms with Gasteiger partial charge in [0.25, 0.3) is 11.7 Å². The van der Waals surface area contributed by atoms with E-state index in [1.54, 1.807) is 0 Å². The van der Waals surface area contributed by atoms with Crippen molar-refractivity contribution in [3.8, 4) is 0 Å². The van der Waals surface area contributed by atoms with Crippen LogP contribution in [-0.2, 0) is 9.59 Å². The van der Waals surface area contributed by atoms with Crippen LogP contribution >= 0.6 is 0 Å². The van der Waals surface area contributed by atoms with Gasteiger partial charge in [0.15, 0.2) is 0 Å². The number of anilines is 1. The van der Waals surface area contributed by atoms with Crippen molar-refractivity contribution in [3.63, 3.8) is 0 Å². The second-order valence-electron chi connectivity index (χ2n) is 5.36. The van der Waals surface area contributed by atoms with Crippen LogP contribution in [0.4, 0.5) is 14.5 Å². The summed E-state index contributed by atoms with van der Waals surface area (Å²) in [6.07, 6.45) is 0. The molecule has 1 aliphatic heterocycles. The molecule has 2 rings (SSSR count). The van der Waals surface area contributed by atoms with E-state index in [1.165, 1.54) is 13.8 Å². The number of Topliss-reactive ketones (excluding diaryl/α,β-unsaturated/α-hetero) is 1. The zero-order chi connectivity index (χ0) is 15.9. The molecule has 0 radical (unpaired) electrons. The Labute approximate surface area is 118 Å². The Morgan fingerprint density at radius 2 is 1.95 bits per heavy atom. The van der Waals surface area contributed by atoms with Crippen LogP contribution in [0, 0.1) is 17.0 Å². The molecule has 8 heteroatoms. The van der Waals surface area contributed by atoms with Gasteiger partial charge in [0, 0.05) is 12.6 Å². The molecule has 0 atom stereocenters. The first-order chi connectivity index (χ1) is 9.69. The Balaban J connectivity index is 2.47. The number of hydrogen-bond donors (Lipinski definition) is 2. The molecule has 0 saturated carbocycles. The van der Waals surface area contributed by atoms with E-state index in [0.29, 0.717) is 6.07 Å². The van der Waals surface area contributed by atoms with Gasteiger partial charge in [0.05, 0.1) is 16.7 Å². The van der Waals surface area contributed by atoms with Gasteiger partial charge in [-0.15, -0.1) is 0 Å². The van der Waals surface area contributed by atoms with E-state index in [9.17, 15) is 23.2 Å². The minimum atomic E-state index is -1.14. The monoisotopic (exact) mass is 297 g/mol. The standard InChI is InChI=1S/C13H13F2N3O3/c1-13(2,12(21)17-16)5-18-8-4-6(14)3-7(15)9(8)10(19)11(18)20/h3-4H,5,16H2,1-2H3,(H,17,21). The van der Waals surface area contributed by atoms with E-state index < -0.39 is 40.2 Å². The number of carbonyl (C=O) groups excluding carboxylic acids is 3. The Morgan fingerprint density at radius 1 is 1.33 bits per heavy atom. The lowest BCUT2D eigenvalue weighted by Gasteiger charge is -2.28. The van der Waals surface area contributed by atoms with Crippen LogP contribution in [0.25, 0.3) is 0 Å². The van der Waals surface area contributed by atoms with Gasteiger partial charge >= 0.3 is 0 Å². The normalized spacial score (nSPS) is 14.4. The van der Waals surface area contributed by atoms with Crippen molar-refractivity contribution in [2.24, 2.45) is 11.3 Å². The number of carbonyl (C=O) groups is 3. The molecule has 3 N–H and O–H groups in total. The minimum absolute atomic E-state index is 0.180. The quantitative estimate of drug-likeness (QED) is 0.368. The highest BCUT2D eigenvalue weighted by atomic mass is 19.1. The molecule has 21 heavy (non-hydrogen) atoms. The molecule has 2 amide bonds. The van der Waals surface area contributed by atoms with E-state index in [-0.39, 0.29) is 12.2 Å². The number of rotatable bonds is 3. The topological polar surface area (TPSA) is 92.5 Å². The van der Waals surface area contributed by atoms with Crippen molar-refractivity contribution < 1.29 is 23.2 Å². The smallest absolute Gasteiger partial charge is 0.299 e.